The summed E-state index contributed by atoms with van der Waals surface area (Å²) in [6.07, 6.45) is -0.427. The Morgan fingerprint density at radius 3 is 2.66 bits per heavy atom. The van der Waals surface area contributed by atoms with Crippen LogP contribution >= 0.6 is 0 Å². The average molecular weight is 441 g/mol. The number of nitrogens with two attached hydrogens (primary N) is 1. The molecule has 4 rings (SSSR count). The number of aromatic amines is 1. The first-order valence-corrected chi connectivity index (χ1v) is 10.4. The lowest BCUT2D eigenvalue weighted by Gasteiger charge is -2.29. The minimum Gasteiger partial charge on any atom is -0.369 e. The Bertz CT molecular complexity index is 1190. The van der Waals surface area contributed by atoms with Crippen molar-refractivity contribution in [3.05, 3.63) is 70.1 Å². The Morgan fingerprint density at radius 1 is 1.19 bits per heavy atom. The van der Waals surface area contributed by atoms with Gasteiger partial charge in [0.15, 0.2) is 0 Å². The third-order valence-corrected chi connectivity index (χ3v) is 5.55. The van der Waals surface area contributed by atoms with Gasteiger partial charge in [0.05, 0.1) is 0 Å². The zero-order valence-corrected chi connectivity index (χ0v) is 17.7. The SMILES string of the molecule is Cc1cc(-c2cccc(N3CCNCC3)c2)cnc1-n1c(CC(CN)=C(F)F)n[nH]c1=O. The van der Waals surface area contributed by atoms with Crippen LogP contribution in [-0.2, 0) is 6.42 Å². The van der Waals surface area contributed by atoms with E-state index in [-0.39, 0.29) is 24.4 Å². The van der Waals surface area contributed by atoms with Gasteiger partial charge in [-0.05, 0) is 36.2 Å². The molecule has 1 saturated heterocycles. The second kappa shape index (κ2) is 9.41. The largest absolute Gasteiger partial charge is 0.369 e. The van der Waals surface area contributed by atoms with E-state index in [9.17, 15) is 13.6 Å². The summed E-state index contributed by atoms with van der Waals surface area (Å²) in [4.78, 5) is 19.2. The van der Waals surface area contributed by atoms with E-state index in [1.165, 1.54) is 4.57 Å². The van der Waals surface area contributed by atoms with Crippen molar-refractivity contribution in [2.45, 2.75) is 13.3 Å². The number of hydrogen-bond acceptors (Lipinski definition) is 6. The summed E-state index contributed by atoms with van der Waals surface area (Å²) >= 11 is 0. The molecule has 1 aliphatic heterocycles. The molecule has 0 amide bonds. The average Bonchev–Trinajstić information content (AvgIpc) is 3.17. The maximum absolute atomic E-state index is 13.1. The molecule has 1 aliphatic rings. The van der Waals surface area contributed by atoms with Crippen molar-refractivity contribution in [2.24, 2.45) is 5.73 Å². The first-order chi connectivity index (χ1) is 15.5. The Morgan fingerprint density at radius 2 is 1.97 bits per heavy atom. The number of benzene rings is 1. The number of rotatable bonds is 6. The molecular formula is C22H25F2N7O. The van der Waals surface area contributed by atoms with Crippen LogP contribution in [-0.4, -0.2) is 52.5 Å². The lowest BCUT2D eigenvalue weighted by Crippen LogP contribution is -2.43. The number of hydrogen-bond donors (Lipinski definition) is 3. The van der Waals surface area contributed by atoms with Crippen molar-refractivity contribution < 1.29 is 8.78 Å². The zero-order chi connectivity index (χ0) is 22.7. The number of anilines is 1. The van der Waals surface area contributed by atoms with Gasteiger partial charge >= 0.3 is 5.69 Å². The van der Waals surface area contributed by atoms with Gasteiger partial charge in [-0.1, -0.05) is 12.1 Å². The van der Waals surface area contributed by atoms with Gasteiger partial charge in [0.1, 0.15) is 11.6 Å². The van der Waals surface area contributed by atoms with E-state index < -0.39 is 11.8 Å². The van der Waals surface area contributed by atoms with Crippen molar-refractivity contribution in [3.63, 3.8) is 0 Å². The third kappa shape index (κ3) is 4.46. The molecule has 0 aliphatic carbocycles. The van der Waals surface area contributed by atoms with Crippen LogP contribution in [0, 0.1) is 6.92 Å². The standard InChI is InChI=1S/C22H25F2N7O/c1-14-9-17(15-3-2-4-18(10-15)30-7-5-26-6-8-30)13-27-21(14)31-19(28-29-22(31)32)11-16(12-25)20(23)24/h2-4,9-10,13,26H,5-8,11-12,25H2,1H3,(H,29,32). The third-order valence-electron chi connectivity index (χ3n) is 5.55. The molecule has 0 saturated carbocycles. The van der Waals surface area contributed by atoms with Crippen molar-refractivity contribution in [1.29, 1.82) is 0 Å². The van der Waals surface area contributed by atoms with Crippen LogP contribution in [0.15, 0.2) is 53.0 Å². The van der Waals surface area contributed by atoms with E-state index >= 15 is 0 Å². The Kier molecular flexibility index (Phi) is 6.42. The summed E-state index contributed by atoms with van der Waals surface area (Å²) < 4.78 is 27.3. The zero-order valence-electron chi connectivity index (χ0n) is 17.7. The highest BCUT2D eigenvalue weighted by Crippen LogP contribution is 2.27. The number of halogens is 2. The number of nitrogens with zero attached hydrogens (tertiary/aromatic N) is 4. The predicted octanol–water partition coefficient (Wildman–Crippen LogP) is 1.99. The van der Waals surface area contributed by atoms with Crippen LogP contribution in [0.5, 0.6) is 0 Å². The fourth-order valence-corrected chi connectivity index (χ4v) is 3.84. The van der Waals surface area contributed by atoms with Gasteiger partial charge in [0.2, 0.25) is 0 Å². The van der Waals surface area contributed by atoms with Crippen LogP contribution in [0.4, 0.5) is 14.5 Å². The summed E-state index contributed by atoms with van der Waals surface area (Å²) in [5, 5.41) is 9.57. The van der Waals surface area contributed by atoms with E-state index in [1.54, 1.807) is 6.20 Å². The predicted molar refractivity (Wildman–Crippen MR) is 119 cm³/mol. The molecule has 0 spiro atoms. The molecule has 1 fully saturated rings. The van der Waals surface area contributed by atoms with Crippen LogP contribution in [0.25, 0.3) is 16.9 Å². The van der Waals surface area contributed by atoms with E-state index in [2.05, 4.69) is 37.5 Å². The maximum Gasteiger partial charge on any atom is 0.349 e. The topological polar surface area (TPSA) is 105 Å². The molecule has 0 atom stereocenters. The van der Waals surface area contributed by atoms with Crippen LogP contribution in [0.1, 0.15) is 11.4 Å². The minimum atomic E-state index is -1.86. The molecule has 1 aromatic carbocycles. The number of aryl methyl sites for hydroxylation is 1. The molecule has 8 nitrogen and oxygen atoms in total. The highest BCUT2D eigenvalue weighted by atomic mass is 19.3. The second-order valence-corrected chi connectivity index (χ2v) is 7.68. The molecule has 0 bridgehead atoms. The van der Waals surface area contributed by atoms with Gasteiger partial charge < -0.3 is 16.0 Å². The molecule has 2 aromatic heterocycles. The molecule has 4 N–H and O–H groups in total. The summed E-state index contributed by atoms with van der Waals surface area (Å²) in [6.45, 7) is 5.31. The number of aromatic nitrogens is 4. The smallest absolute Gasteiger partial charge is 0.349 e. The van der Waals surface area contributed by atoms with E-state index in [4.69, 9.17) is 5.73 Å². The molecule has 0 unspecified atom stereocenters. The lowest BCUT2D eigenvalue weighted by atomic mass is 10.0. The van der Waals surface area contributed by atoms with Gasteiger partial charge in [0, 0.05) is 62.2 Å². The molecule has 3 heterocycles. The van der Waals surface area contributed by atoms with Crippen LogP contribution in [0.3, 0.4) is 0 Å². The Hall–Kier alpha value is -3.37. The fourth-order valence-electron chi connectivity index (χ4n) is 3.84. The van der Waals surface area contributed by atoms with Crippen LogP contribution < -0.4 is 21.6 Å². The quantitative estimate of drug-likeness (QED) is 0.541. The van der Waals surface area contributed by atoms with Gasteiger partial charge in [-0.15, -0.1) is 0 Å². The minimum absolute atomic E-state index is 0.132. The van der Waals surface area contributed by atoms with E-state index in [0.29, 0.717) is 5.82 Å². The highest BCUT2D eigenvalue weighted by molar-refractivity contribution is 5.69. The van der Waals surface area contributed by atoms with Crippen molar-refractivity contribution in [1.82, 2.24) is 25.1 Å². The molecule has 32 heavy (non-hydrogen) atoms. The van der Waals surface area contributed by atoms with Gasteiger partial charge in [0.25, 0.3) is 6.08 Å². The van der Waals surface area contributed by atoms with Gasteiger partial charge in [-0.2, -0.15) is 13.9 Å². The van der Waals surface area contributed by atoms with Crippen LogP contribution in [0.2, 0.25) is 0 Å². The Labute approximate surface area is 183 Å². The van der Waals surface area contributed by atoms with Gasteiger partial charge in [-0.3, -0.25) is 0 Å². The first kappa shape index (κ1) is 21.8. The monoisotopic (exact) mass is 441 g/mol. The molecule has 0 radical (unpaired) electrons. The highest BCUT2D eigenvalue weighted by Gasteiger charge is 2.18. The maximum atomic E-state index is 13.1. The van der Waals surface area contributed by atoms with E-state index in [1.807, 2.05) is 25.1 Å². The fraction of sp³-hybridized carbons (Fsp3) is 0.318. The van der Waals surface area contributed by atoms with Crippen molar-refractivity contribution >= 4 is 5.69 Å². The van der Waals surface area contributed by atoms with Crippen molar-refractivity contribution in [3.8, 4) is 16.9 Å². The molecular weight excluding hydrogens is 416 g/mol. The van der Waals surface area contributed by atoms with E-state index in [0.717, 1.165) is 48.6 Å². The lowest BCUT2D eigenvalue weighted by molar-refractivity contribution is 0.407. The molecule has 3 aromatic rings. The molecule has 168 valence electrons. The van der Waals surface area contributed by atoms with Gasteiger partial charge in [-0.25, -0.2) is 19.4 Å². The summed E-state index contributed by atoms with van der Waals surface area (Å²) in [5.74, 6) is 0.476. The summed E-state index contributed by atoms with van der Waals surface area (Å²) in [5.41, 5.74) is 8.38. The number of pyridine rings is 1. The first-order valence-electron chi connectivity index (χ1n) is 10.4. The number of nitrogens with one attached hydrogen (secondary N) is 2. The second-order valence-electron chi connectivity index (χ2n) is 7.68. The number of H-pyrrole nitrogens is 1. The Balaban J connectivity index is 1.66. The van der Waals surface area contributed by atoms with Crippen molar-refractivity contribution in [2.75, 3.05) is 37.6 Å². The normalized spacial score (nSPS) is 13.9. The number of piperazine rings is 1. The summed E-state index contributed by atoms with van der Waals surface area (Å²) in [6, 6.07) is 10.2. The summed E-state index contributed by atoms with van der Waals surface area (Å²) in [7, 11) is 0. The molecule has 10 heteroatoms.